The Balaban J connectivity index is 4.03. The SMILES string of the molecule is CC(C)C[C@@H](N)[C@H](O)C(=O)OC(C)C. The lowest BCUT2D eigenvalue weighted by Crippen LogP contribution is -2.42. The van der Waals surface area contributed by atoms with Crippen molar-refractivity contribution in [3.05, 3.63) is 0 Å². The molecule has 0 aliphatic rings. The van der Waals surface area contributed by atoms with Crippen LogP contribution >= 0.6 is 0 Å². The molecule has 0 bridgehead atoms. The number of carbonyl (C=O) groups is 1. The number of nitrogens with two attached hydrogens (primary N) is 1. The molecule has 0 rings (SSSR count). The van der Waals surface area contributed by atoms with Crippen LogP contribution < -0.4 is 5.73 Å². The maximum atomic E-state index is 11.2. The summed E-state index contributed by atoms with van der Waals surface area (Å²) in [5, 5.41) is 9.48. The maximum Gasteiger partial charge on any atom is 0.336 e. The predicted octanol–water partition coefficient (Wildman–Crippen LogP) is 0.672. The topological polar surface area (TPSA) is 72.5 Å². The van der Waals surface area contributed by atoms with E-state index in [1.807, 2.05) is 13.8 Å². The molecule has 84 valence electrons. The van der Waals surface area contributed by atoms with E-state index in [9.17, 15) is 9.90 Å². The molecule has 0 radical (unpaired) electrons. The van der Waals surface area contributed by atoms with Crippen molar-refractivity contribution >= 4 is 5.97 Å². The van der Waals surface area contributed by atoms with E-state index in [1.54, 1.807) is 13.8 Å². The predicted molar refractivity (Wildman–Crippen MR) is 54.7 cm³/mol. The molecule has 0 amide bonds. The average Bonchev–Trinajstić information content (AvgIpc) is 2.00. The van der Waals surface area contributed by atoms with E-state index in [-0.39, 0.29) is 6.10 Å². The van der Waals surface area contributed by atoms with Gasteiger partial charge in [-0.1, -0.05) is 13.8 Å². The third-order valence-corrected chi connectivity index (χ3v) is 1.74. The van der Waals surface area contributed by atoms with Gasteiger partial charge >= 0.3 is 5.97 Å². The number of carbonyl (C=O) groups excluding carboxylic acids is 1. The number of hydrogen-bond acceptors (Lipinski definition) is 4. The summed E-state index contributed by atoms with van der Waals surface area (Å²) in [6.07, 6.45) is -0.822. The first-order chi connectivity index (χ1) is 6.34. The van der Waals surface area contributed by atoms with Crippen molar-refractivity contribution in [1.29, 1.82) is 0 Å². The molecule has 0 spiro atoms. The molecule has 3 N–H and O–H groups in total. The number of ether oxygens (including phenoxy) is 1. The van der Waals surface area contributed by atoms with Crippen molar-refractivity contribution in [2.75, 3.05) is 0 Å². The largest absolute Gasteiger partial charge is 0.461 e. The molecule has 0 saturated heterocycles. The fourth-order valence-electron chi connectivity index (χ4n) is 1.15. The van der Waals surface area contributed by atoms with Crippen LogP contribution in [0.5, 0.6) is 0 Å². The van der Waals surface area contributed by atoms with Gasteiger partial charge in [0.25, 0.3) is 0 Å². The summed E-state index contributed by atoms with van der Waals surface area (Å²) < 4.78 is 4.85. The molecule has 0 saturated carbocycles. The van der Waals surface area contributed by atoms with Crippen molar-refractivity contribution in [2.45, 2.75) is 52.4 Å². The lowest BCUT2D eigenvalue weighted by Gasteiger charge is -2.20. The molecule has 4 nitrogen and oxygen atoms in total. The second-order valence-electron chi connectivity index (χ2n) is 4.22. The van der Waals surface area contributed by atoms with E-state index >= 15 is 0 Å². The van der Waals surface area contributed by atoms with Crippen molar-refractivity contribution < 1.29 is 14.6 Å². The van der Waals surface area contributed by atoms with E-state index in [1.165, 1.54) is 0 Å². The molecule has 0 aromatic rings. The minimum atomic E-state index is -1.21. The Morgan fingerprint density at radius 1 is 1.36 bits per heavy atom. The molecule has 0 aliphatic heterocycles. The van der Waals surface area contributed by atoms with Gasteiger partial charge in [0, 0.05) is 6.04 Å². The number of esters is 1. The van der Waals surface area contributed by atoms with Gasteiger partial charge in [0.1, 0.15) is 0 Å². The summed E-state index contributed by atoms with van der Waals surface area (Å²) in [5.74, 6) is -0.278. The van der Waals surface area contributed by atoms with Gasteiger partial charge < -0.3 is 15.6 Å². The second kappa shape index (κ2) is 5.98. The van der Waals surface area contributed by atoms with Crippen LogP contribution in [0.4, 0.5) is 0 Å². The summed E-state index contributed by atoms with van der Waals surface area (Å²) >= 11 is 0. The molecule has 0 aromatic heterocycles. The van der Waals surface area contributed by atoms with Crippen LogP contribution in [0.3, 0.4) is 0 Å². The molecular weight excluding hydrogens is 182 g/mol. The van der Waals surface area contributed by atoms with Gasteiger partial charge in [-0.25, -0.2) is 4.79 Å². The molecular formula is C10H21NO3. The average molecular weight is 203 g/mol. The van der Waals surface area contributed by atoms with Gasteiger partial charge in [-0.15, -0.1) is 0 Å². The Labute approximate surface area is 85.4 Å². The van der Waals surface area contributed by atoms with Crippen LogP contribution in [0, 0.1) is 5.92 Å². The first-order valence-corrected chi connectivity index (χ1v) is 4.98. The van der Waals surface area contributed by atoms with Crippen LogP contribution in [0.15, 0.2) is 0 Å². The van der Waals surface area contributed by atoms with Crippen molar-refractivity contribution in [3.63, 3.8) is 0 Å². The summed E-state index contributed by atoms with van der Waals surface area (Å²) in [6.45, 7) is 7.44. The molecule has 0 fully saturated rings. The van der Waals surface area contributed by atoms with Gasteiger partial charge in [-0.2, -0.15) is 0 Å². The fraction of sp³-hybridized carbons (Fsp3) is 0.900. The number of rotatable bonds is 5. The van der Waals surface area contributed by atoms with Crippen LogP contribution in [-0.4, -0.2) is 29.3 Å². The van der Waals surface area contributed by atoms with Gasteiger partial charge in [-0.3, -0.25) is 0 Å². The summed E-state index contributed by atoms with van der Waals surface area (Å²) in [4.78, 5) is 11.2. The van der Waals surface area contributed by atoms with Gasteiger partial charge in [-0.05, 0) is 26.2 Å². The quantitative estimate of drug-likeness (QED) is 0.644. The Morgan fingerprint density at radius 3 is 2.21 bits per heavy atom. The molecule has 0 aromatic carbocycles. The fourth-order valence-corrected chi connectivity index (χ4v) is 1.15. The molecule has 14 heavy (non-hydrogen) atoms. The standard InChI is InChI=1S/C10H21NO3/c1-6(2)5-8(11)9(12)10(13)14-7(3)4/h6-9,12H,5,11H2,1-4H3/t8-,9+/m1/s1. The van der Waals surface area contributed by atoms with Crippen LogP contribution in [-0.2, 0) is 9.53 Å². The van der Waals surface area contributed by atoms with Gasteiger partial charge in [0.05, 0.1) is 6.10 Å². The zero-order valence-corrected chi connectivity index (χ0v) is 9.36. The Bertz CT molecular complexity index is 180. The summed E-state index contributed by atoms with van der Waals surface area (Å²) in [5.41, 5.74) is 5.64. The van der Waals surface area contributed by atoms with Crippen LogP contribution in [0.25, 0.3) is 0 Å². The second-order valence-corrected chi connectivity index (χ2v) is 4.22. The first kappa shape index (κ1) is 13.4. The van der Waals surface area contributed by atoms with E-state index in [4.69, 9.17) is 10.5 Å². The number of aliphatic hydroxyl groups is 1. The highest BCUT2D eigenvalue weighted by Crippen LogP contribution is 2.08. The molecule has 4 heteroatoms. The van der Waals surface area contributed by atoms with Gasteiger partial charge in [0.15, 0.2) is 6.10 Å². The molecule has 2 atom stereocenters. The molecule has 0 aliphatic carbocycles. The Kier molecular flexibility index (Phi) is 5.72. The normalized spacial score (nSPS) is 15.7. The zero-order valence-electron chi connectivity index (χ0n) is 9.36. The van der Waals surface area contributed by atoms with Crippen LogP contribution in [0.2, 0.25) is 0 Å². The van der Waals surface area contributed by atoms with Crippen molar-refractivity contribution in [1.82, 2.24) is 0 Å². The van der Waals surface area contributed by atoms with E-state index < -0.39 is 18.1 Å². The highest BCUT2D eigenvalue weighted by molar-refractivity contribution is 5.75. The zero-order chi connectivity index (χ0) is 11.3. The van der Waals surface area contributed by atoms with E-state index in [0.29, 0.717) is 12.3 Å². The minimum Gasteiger partial charge on any atom is -0.461 e. The smallest absolute Gasteiger partial charge is 0.336 e. The van der Waals surface area contributed by atoms with Crippen LogP contribution in [0.1, 0.15) is 34.1 Å². The summed E-state index contributed by atoms with van der Waals surface area (Å²) in [7, 11) is 0. The monoisotopic (exact) mass is 203 g/mol. The minimum absolute atomic E-state index is 0.219. The number of aliphatic hydroxyl groups excluding tert-OH is 1. The molecule has 0 unspecified atom stereocenters. The maximum absolute atomic E-state index is 11.2. The van der Waals surface area contributed by atoms with Gasteiger partial charge in [0.2, 0.25) is 0 Å². The Hall–Kier alpha value is -0.610. The number of hydrogen-bond donors (Lipinski definition) is 2. The highest BCUT2D eigenvalue weighted by atomic mass is 16.6. The third kappa shape index (κ3) is 5.19. The highest BCUT2D eigenvalue weighted by Gasteiger charge is 2.25. The lowest BCUT2D eigenvalue weighted by atomic mass is 10.0. The first-order valence-electron chi connectivity index (χ1n) is 4.98. The summed E-state index contributed by atoms with van der Waals surface area (Å²) in [6, 6.07) is -0.541. The van der Waals surface area contributed by atoms with Crippen molar-refractivity contribution in [3.8, 4) is 0 Å². The molecule has 0 heterocycles. The Morgan fingerprint density at radius 2 is 1.86 bits per heavy atom. The van der Waals surface area contributed by atoms with E-state index in [0.717, 1.165) is 0 Å². The third-order valence-electron chi connectivity index (χ3n) is 1.74. The van der Waals surface area contributed by atoms with E-state index in [2.05, 4.69) is 0 Å². The lowest BCUT2D eigenvalue weighted by molar-refractivity contribution is -0.158. The van der Waals surface area contributed by atoms with Crippen molar-refractivity contribution in [2.24, 2.45) is 11.7 Å².